The Morgan fingerprint density at radius 3 is 2.74 bits per heavy atom. The van der Waals surface area contributed by atoms with Gasteiger partial charge in [0.25, 0.3) is 0 Å². The largest absolute Gasteiger partial charge is 0.427 e. The summed E-state index contributed by atoms with van der Waals surface area (Å²) < 4.78 is 5.31. The molecule has 1 aromatic rings. The van der Waals surface area contributed by atoms with Crippen LogP contribution in [0, 0.1) is 29.1 Å². The first kappa shape index (κ1) is 13.6. The molecule has 1 fully saturated rings. The third-order valence-electron chi connectivity index (χ3n) is 4.04. The van der Waals surface area contributed by atoms with Crippen LogP contribution >= 0.6 is 0 Å². The van der Waals surface area contributed by atoms with E-state index in [-0.39, 0.29) is 17.8 Å². The van der Waals surface area contributed by atoms with E-state index in [1.54, 1.807) is 12.1 Å². The monoisotopic (exact) mass is 257 g/mol. The third kappa shape index (κ3) is 3.35. The van der Waals surface area contributed by atoms with Crippen molar-refractivity contribution < 1.29 is 9.53 Å². The molecule has 0 bridgehead atoms. The second kappa shape index (κ2) is 6.38. The summed E-state index contributed by atoms with van der Waals surface area (Å²) in [4.78, 5) is 12.0. The van der Waals surface area contributed by atoms with Crippen LogP contribution in [-0.2, 0) is 4.79 Å². The van der Waals surface area contributed by atoms with E-state index < -0.39 is 0 Å². The van der Waals surface area contributed by atoms with E-state index in [1.165, 1.54) is 0 Å². The molecule has 3 unspecified atom stereocenters. The number of hydrogen-bond donors (Lipinski definition) is 0. The fraction of sp³-hybridized carbons (Fsp3) is 0.500. The molecule has 0 aromatic heterocycles. The minimum Gasteiger partial charge on any atom is -0.427 e. The summed E-state index contributed by atoms with van der Waals surface area (Å²) in [5, 5.41) is 9.15. The van der Waals surface area contributed by atoms with Crippen LogP contribution in [0.15, 0.2) is 30.3 Å². The fourth-order valence-electron chi connectivity index (χ4n) is 2.98. The predicted octanol–water partition coefficient (Wildman–Crippen LogP) is 3.56. The van der Waals surface area contributed by atoms with Gasteiger partial charge in [-0.2, -0.15) is 5.26 Å². The summed E-state index contributed by atoms with van der Waals surface area (Å²) in [6.45, 7) is 2.12. The van der Waals surface area contributed by atoms with Crippen LogP contribution in [-0.4, -0.2) is 5.97 Å². The summed E-state index contributed by atoms with van der Waals surface area (Å²) in [6.07, 6.45) is 3.35. The number of nitrogens with zero attached hydrogens (tertiary/aromatic N) is 1. The maximum Gasteiger partial charge on any atom is 0.311 e. The zero-order valence-corrected chi connectivity index (χ0v) is 11.2. The first-order chi connectivity index (χ1) is 9.24. The zero-order chi connectivity index (χ0) is 13.7. The van der Waals surface area contributed by atoms with Gasteiger partial charge < -0.3 is 4.74 Å². The highest BCUT2D eigenvalue weighted by Gasteiger charge is 2.36. The SMILES string of the molecule is CCC1CCC(C#N)C1CC(=O)Oc1ccccc1. The molecule has 1 aliphatic carbocycles. The summed E-state index contributed by atoms with van der Waals surface area (Å²) in [7, 11) is 0. The first-order valence-corrected chi connectivity index (χ1v) is 6.90. The quantitative estimate of drug-likeness (QED) is 0.612. The van der Waals surface area contributed by atoms with Crippen molar-refractivity contribution in [3.63, 3.8) is 0 Å². The van der Waals surface area contributed by atoms with Crippen LogP contribution < -0.4 is 4.74 Å². The highest BCUT2D eigenvalue weighted by molar-refractivity contribution is 5.72. The number of carbonyl (C=O) groups is 1. The van der Waals surface area contributed by atoms with Crippen molar-refractivity contribution in [3.05, 3.63) is 30.3 Å². The van der Waals surface area contributed by atoms with Gasteiger partial charge in [0, 0.05) is 5.92 Å². The molecule has 0 saturated heterocycles. The van der Waals surface area contributed by atoms with Gasteiger partial charge in [0.1, 0.15) is 5.75 Å². The molecule has 0 heterocycles. The lowest BCUT2D eigenvalue weighted by atomic mass is 9.86. The second-order valence-corrected chi connectivity index (χ2v) is 5.14. The Bertz CT molecular complexity index is 463. The number of hydrogen-bond acceptors (Lipinski definition) is 3. The Morgan fingerprint density at radius 2 is 2.11 bits per heavy atom. The smallest absolute Gasteiger partial charge is 0.311 e. The topological polar surface area (TPSA) is 50.1 Å². The number of esters is 1. The van der Waals surface area contributed by atoms with Crippen LogP contribution in [0.25, 0.3) is 0 Å². The van der Waals surface area contributed by atoms with Gasteiger partial charge in [-0.1, -0.05) is 31.5 Å². The lowest BCUT2D eigenvalue weighted by molar-refractivity contribution is -0.136. The molecule has 0 spiro atoms. The van der Waals surface area contributed by atoms with E-state index in [0.717, 1.165) is 19.3 Å². The molecule has 19 heavy (non-hydrogen) atoms. The first-order valence-electron chi connectivity index (χ1n) is 6.90. The van der Waals surface area contributed by atoms with Gasteiger partial charge in [-0.15, -0.1) is 0 Å². The molecule has 2 rings (SSSR count). The minimum absolute atomic E-state index is 0.00766. The Hall–Kier alpha value is -1.82. The van der Waals surface area contributed by atoms with Crippen molar-refractivity contribution >= 4 is 5.97 Å². The van der Waals surface area contributed by atoms with Gasteiger partial charge in [0.15, 0.2) is 0 Å². The molecule has 1 saturated carbocycles. The number of nitriles is 1. The zero-order valence-electron chi connectivity index (χ0n) is 11.2. The van der Waals surface area contributed by atoms with Gasteiger partial charge in [0.2, 0.25) is 0 Å². The molecule has 3 heteroatoms. The normalized spacial score (nSPS) is 25.8. The van der Waals surface area contributed by atoms with E-state index in [4.69, 9.17) is 10.00 Å². The predicted molar refractivity (Wildman–Crippen MR) is 72.3 cm³/mol. The Balaban J connectivity index is 1.96. The van der Waals surface area contributed by atoms with Gasteiger partial charge >= 0.3 is 5.97 Å². The average molecular weight is 257 g/mol. The van der Waals surface area contributed by atoms with Crippen molar-refractivity contribution in [3.8, 4) is 11.8 Å². The highest BCUT2D eigenvalue weighted by Crippen LogP contribution is 2.40. The van der Waals surface area contributed by atoms with E-state index >= 15 is 0 Å². The van der Waals surface area contributed by atoms with E-state index in [1.807, 2.05) is 18.2 Å². The summed E-state index contributed by atoms with van der Waals surface area (Å²) in [5.74, 6) is 0.997. The average Bonchev–Trinajstić information content (AvgIpc) is 2.81. The summed E-state index contributed by atoms with van der Waals surface area (Å²) in [5.41, 5.74) is 0. The maximum atomic E-state index is 12.0. The molecular formula is C16H19NO2. The molecular weight excluding hydrogens is 238 g/mol. The molecule has 3 nitrogen and oxygen atoms in total. The number of ether oxygens (including phenoxy) is 1. The highest BCUT2D eigenvalue weighted by atomic mass is 16.5. The van der Waals surface area contributed by atoms with Gasteiger partial charge in [-0.3, -0.25) is 4.79 Å². The van der Waals surface area contributed by atoms with Gasteiger partial charge in [-0.25, -0.2) is 0 Å². The molecule has 3 atom stereocenters. The van der Waals surface area contributed by atoms with Crippen molar-refractivity contribution in [2.24, 2.45) is 17.8 Å². The standard InChI is InChI=1S/C16H19NO2/c1-2-12-8-9-13(11-17)15(12)10-16(18)19-14-6-4-3-5-7-14/h3-7,12-13,15H,2,8-10H2,1H3. The lowest BCUT2D eigenvalue weighted by Crippen LogP contribution is -2.21. The summed E-state index contributed by atoms with van der Waals surface area (Å²) in [6, 6.07) is 11.4. The number of benzene rings is 1. The van der Waals surface area contributed by atoms with Gasteiger partial charge in [0.05, 0.1) is 12.5 Å². The molecule has 0 amide bonds. The van der Waals surface area contributed by atoms with E-state index in [9.17, 15) is 4.79 Å². The van der Waals surface area contributed by atoms with Crippen LogP contribution in [0.2, 0.25) is 0 Å². The Labute approximate surface area is 114 Å². The molecule has 0 aliphatic heterocycles. The van der Waals surface area contributed by atoms with E-state index in [0.29, 0.717) is 18.1 Å². The minimum atomic E-state index is -0.225. The molecule has 0 N–H and O–H groups in total. The molecule has 100 valence electrons. The van der Waals surface area contributed by atoms with Crippen LogP contribution in [0.4, 0.5) is 0 Å². The van der Waals surface area contributed by atoms with Crippen LogP contribution in [0.3, 0.4) is 0 Å². The molecule has 0 radical (unpaired) electrons. The molecule has 1 aliphatic rings. The van der Waals surface area contributed by atoms with Crippen LogP contribution in [0.5, 0.6) is 5.75 Å². The van der Waals surface area contributed by atoms with Crippen molar-refractivity contribution in [2.75, 3.05) is 0 Å². The fourth-order valence-corrected chi connectivity index (χ4v) is 2.98. The van der Waals surface area contributed by atoms with Crippen LogP contribution in [0.1, 0.15) is 32.6 Å². The lowest BCUT2D eigenvalue weighted by Gasteiger charge is -2.19. The number of para-hydroxylation sites is 1. The maximum absolute atomic E-state index is 12.0. The van der Waals surface area contributed by atoms with E-state index in [2.05, 4.69) is 13.0 Å². The Kier molecular flexibility index (Phi) is 4.57. The third-order valence-corrected chi connectivity index (χ3v) is 4.04. The number of carbonyl (C=O) groups excluding carboxylic acids is 1. The van der Waals surface area contributed by atoms with Gasteiger partial charge in [-0.05, 0) is 36.8 Å². The number of rotatable bonds is 4. The Morgan fingerprint density at radius 1 is 1.37 bits per heavy atom. The van der Waals surface area contributed by atoms with Crippen molar-refractivity contribution in [1.29, 1.82) is 5.26 Å². The second-order valence-electron chi connectivity index (χ2n) is 5.14. The summed E-state index contributed by atoms with van der Waals surface area (Å²) >= 11 is 0. The van der Waals surface area contributed by atoms with Crippen molar-refractivity contribution in [1.82, 2.24) is 0 Å². The molecule has 1 aromatic carbocycles. The van der Waals surface area contributed by atoms with Crippen molar-refractivity contribution in [2.45, 2.75) is 32.6 Å².